The summed E-state index contributed by atoms with van der Waals surface area (Å²) in [5, 5.41) is 3.20. The largest absolute Gasteiger partial charge is 0.487 e. The number of nitrogens with one attached hydrogen (secondary N) is 1. The molecule has 1 aliphatic carbocycles. The predicted octanol–water partition coefficient (Wildman–Crippen LogP) is 5.06. The minimum Gasteiger partial charge on any atom is -0.487 e. The zero-order valence-corrected chi connectivity index (χ0v) is 17.9. The molecule has 0 fully saturated rings. The van der Waals surface area contributed by atoms with Crippen LogP contribution in [-0.4, -0.2) is 17.6 Å². The van der Waals surface area contributed by atoms with Crippen LogP contribution in [0.3, 0.4) is 0 Å². The second-order valence-electron chi connectivity index (χ2n) is 9.07. The van der Waals surface area contributed by atoms with Crippen molar-refractivity contribution >= 4 is 5.91 Å². The summed E-state index contributed by atoms with van der Waals surface area (Å²) in [6, 6.07) is 12.3. The van der Waals surface area contributed by atoms with Gasteiger partial charge in [0.15, 0.2) is 6.10 Å². The molecule has 2 aromatic carbocycles. The van der Waals surface area contributed by atoms with E-state index < -0.39 is 6.10 Å². The Bertz CT molecular complexity index is 918. The summed E-state index contributed by atoms with van der Waals surface area (Å²) in [6.45, 7) is 7.99. The molecule has 1 aliphatic heterocycles. The molecular weight excluding hydrogens is 362 g/mol. The first-order valence-corrected chi connectivity index (χ1v) is 10.7. The van der Waals surface area contributed by atoms with E-state index in [0.29, 0.717) is 0 Å². The smallest absolute Gasteiger partial charge is 0.261 e. The van der Waals surface area contributed by atoms with Crippen molar-refractivity contribution in [1.29, 1.82) is 0 Å². The molecule has 2 atom stereocenters. The van der Waals surface area contributed by atoms with Gasteiger partial charge in [-0.25, -0.2) is 0 Å². The summed E-state index contributed by atoms with van der Waals surface area (Å²) in [4.78, 5) is 12.9. The van der Waals surface area contributed by atoms with Gasteiger partial charge in [-0.2, -0.15) is 0 Å². The van der Waals surface area contributed by atoms with Crippen LogP contribution in [0.2, 0.25) is 0 Å². The monoisotopic (exact) mass is 393 g/mol. The van der Waals surface area contributed by atoms with Crippen molar-refractivity contribution in [3.05, 3.63) is 58.7 Å². The summed E-state index contributed by atoms with van der Waals surface area (Å²) < 4.78 is 12.1. The van der Waals surface area contributed by atoms with E-state index in [4.69, 9.17) is 9.47 Å². The maximum absolute atomic E-state index is 12.9. The molecule has 1 amide bonds. The van der Waals surface area contributed by atoms with E-state index in [2.05, 4.69) is 44.3 Å². The first-order chi connectivity index (χ1) is 13.8. The number of amides is 1. The van der Waals surface area contributed by atoms with Gasteiger partial charge in [0.2, 0.25) is 0 Å². The standard InChI is InChI=1S/C25H31NO3/c1-16-9-12-23-21(13-16)22(15-25(3,4)29-23)26-24(27)17(2)28-20-11-10-18-7-5-6-8-19(18)14-20/h9-14,17,22H,5-8,15H2,1-4H3,(H,26,27)/t17-,22+/m0/s1. The Morgan fingerprint density at radius 3 is 2.69 bits per heavy atom. The van der Waals surface area contributed by atoms with Crippen LogP contribution in [-0.2, 0) is 17.6 Å². The summed E-state index contributed by atoms with van der Waals surface area (Å²) in [5.41, 5.74) is 4.64. The molecule has 2 aliphatic rings. The fourth-order valence-corrected chi connectivity index (χ4v) is 4.43. The minimum absolute atomic E-state index is 0.0873. The molecule has 0 aromatic heterocycles. The van der Waals surface area contributed by atoms with Gasteiger partial charge < -0.3 is 14.8 Å². The Labute approximate surface area is 173 Å². The van der Waals surface area contributed by atoms with E-state index >= 15 is 0 Å². The fourth-order valence-electron chi connectivity index (χ4n) is 4.43. The lowest BCUT2D eigenvalue weighted by molar-refractivity contribution is -0.128. The number of benzene rings is 2. The average molecular weight is 394 g/mol. The third-order valence-electron chi connectivity index (χ3n) is 5.94. The van der Waals surface area contributed by atoms with Gasteiger partial charge in [-0.1, -0.05) is 23.8 Å². The summed E-state index contributed by atoms with van der Waals surface area (Å²) in [5.74, 6) is 1.52. The van der Waals surface area contributed by atoms with E-state index in [1.165, 1.54) is 24.0 Å². The quantitative estimate of drug-likeness (QED) is 0.790. The molecule has 1 heterocycles. The highest BCUT2D eigenvalue weighted by Crippen LogP contribution is 2.40. The predicted molar refractivity (Wildman–Crippen MR) is 115 cm³/mol. The first kappa shape index (κ1) is 19.8. The summed E-state index contributed by atoms with van der Waals surface area (Å²) in [7, 11) is 0. The second-order valence-corrected chi connectivity index (χ2v) is 9.07. The normalized spacial score (nSPS) is 20.6. The van der Waals surface area contributed by atoms with Gasteiger partial charge in [-0.15, -0.1) is 0 Å². The van der Waals surface area contributed by atoms with Crippen LogP contribution in [0.1, 0.15) is 68.3 Å². The van der Waals surface area contributed by atoms with Gasteiger partial charge in [-0.05, 0) is 82.7 Å². The van der Waals surface area contributed by atoms with Crippen LogP contribution in [0.5, 0.6) is 11.5 Å². The van der Waals surface area contributed by atoms with Crippen molar-refractivity contribution in [1.82, 2.24) is 5.32 Å². The molecule has 1 N–H and O–H groups in total. The number of aryl methyl sites for hydroxylation is 3. The molecule has 2 aromatic rings. The van der Waals surface area contributed by atoms with Crippen molar-refractivity contribution < 1.29 is 14.3 Å². The third-order valence-corrected chi connectivity index (χ3v) is 5.94. The Kier molecular flexibility index (Phi) is 5.28. The molecular formula is C25H31NO3. The van der Waals surface area contributed by atoms with Crippen molar-refractivity contribution in [2.75, 3.05) is 0 Å². The zero-order valence-electron chi connectivity index (χ0n) is 17.9. The van der Waals surface area contributed by atoms with Crippen LogP contribution in [0.4, 0.5) is 0 Å². The maximum atomic E-state index is 12.9. The van der Waals surface area contributed by atoms with Gasteiger partial charge >= 0.3 is 0 Å². The number of ether oxygens (including phenoxy) is 2. The Hall–Kier alpha value is -2.49. The number of carbonyl (C=O) groups excluding carboxylic acids is 1. The van der Waals surface area contributed by atoms with E-state index in [9.17, 15) is 4.79 Å². The molecule has 154 valence electrons. The molecule has 29 heavy (non-hydrogen) atoms. The van der Waals surface area contributed by atoms with Crippen molar-refractivity contribution in [3.8, 4) is 11.5 Å². The number of hydrogen-bond acceptors (Lipinski definition) is 3. The average Bonchev–Trinajstić information content (AvgIpc) is 2.68. The Morgan fingerprint density at radius 2 is 1.90 bits per heavy atom. The van der Waals surface area contributed by atoms with Crippen molar-refractivity contribution in [2.24, 2.45) is 0 Å². The van der Waals surface area contributed by atoms with Gasteiger partial charge in [0.05, 0.1) is 6.04 Å². The highest BCUT2D eigenvalue weighted by atomic mass is 16.5. The third kappa shape index (κ3) is 4.42. The number of rotatable bonds is 4. The summed E-state index contributed by atoms with van der Waals surface area (Å²) in [6.07, 6.45) is 4.89. The summed E-state index contributed by atoms with van der Waals surface area (Å²) >= 11 is 0. The van der Waals surface area contributed by atoms with Crippen molar-refractivity contribution in [3.63, 3.8) is 0 Å². The molecule has 0 unspecified atom stereocenters. The van der Waals surface area contributed by atoms with Gasteiger partial charge in [0.25, 0.3) is 5.91 Å². The first-order valence-electron chi connectivity index (χ1n) is 10.7. The lowest BCUT2D eigenvalue weighted by Crippen LogP contribution is -2.44. The Morgan fingerprint density at radius 1 is 1.14 bits per heavy atom. The van der Waals surface area contributed by atoms with Gasteiger partial charge in [-0.3, -0.25) is 4.79 Å². The fraction of sp³-hybridized carbons (Fsp3) is 0.480. The van der Waals surface area contributed by atoms with Crippen LogP contribution < -0.4 is 14.8 Å². The van der Waals surface area contributed by atoms with Crippen molar-refractivity contribution in [2.45, 2.75) is 77.5 Å². The number of fused-ring (bicyclic) bond motifs is 2. The molecule has 0 radical (unpaired) electrons. The van der Waals surface area contributed by atoms with Gasteiger partial charge in [0, 0.05) is 12.0 Å². The molecule has 0 bridgehead atoms. The molecule has 4 nitrogen and oxygen atoms in total. The van der Waals surface area contributed by atoms with Gasteiger partial charge in [0.1, 0.15) is 17.1 Å². The van der Waals surface area contributed by atoms with E-state index in [1.807, 2.05) is 25.1 Å². The maximum Gasteiger partial charge on any atom is 0.261 e. The van der Waals surface area contributed by atoms with E-state index in [-0.39, 0.29) is 17.6 Å². The highest BCUT2D eigenvalue weighted by Gasteiger charge is 2.35. The molecule has 0 spiro atoms. The number of hydrogen-bond donors (Lipinski definition) is 1. The second kappa shape index (κ2) is 7.74. The van der Waals surface area contributed by atoms with Crippen LogP contribution in [0.25, 0.3) is 0 Å². The molecule has 4 rings (SSSR count). The number of carbonyl (C=O) groups is 1. The van der Waals surface area contributed by atoms with Crippen LogP contribution in [0.15, 0.2) is 36.4 Å². The highest BCUT2D eigenvalue weighted by molar-refractivity contribution is 5.81. The molecule has 0 saturated carbocycles. The molecule has 0 saturated heterocycles. The zero-order chi connectivity index (χ0) is 20.6. The topological polar surface area (TPSA) is 47.6 Å². The van der Waals surface area contributed by atoms with E-state index in [1.54, 1.807) is 0 Å². The Balaban J connectivity index is 1.47. The van der Waals surface area contributed by atoms with Crippen LogP contribution in [0, 0.1) is 6.92 Å². The molecule has 4 heteroatoms. The lowest BCUT2D eigenvalue weighted by Gasteiger charge is -2.38. The SMILES string of the molecule is Cc1ccc2c(c1)[C@H](NC(=O)[C@H](C)Oc1ccc3c(c1)CCCC3)CC(C)(C)O2. The van der Waals surface area contributed by atoms with E-state index in [0.717, 1.165) is 41.9 Å². The lowest BCUT2D eigenvalue weighted by atomic mass is 9.89. The van der Waals surface area contributed by atoms with Crippen LogP contribution >= 0.6 is 0 Å². The minimum atomic E-state index is -0.559.